The molecule has 3 heterocycles. The zero-order chi connectivity index (χ0) is 41.3. The van der Waals surface area contributed by atoms with Crippen LogP contribution in [-0.2, 0) is 52.7 Å². The molecule has 5 amide bonds. The predicted octanol–water partition coefficient (Wildman–Crippen LogP) is 5.71. The zero-order valence-electron chi connectivity index (χ0n) is 32.1. The van der Waals surface area contributed by atoms with Crippen LogP contribution in [0.2, 0.25) is 10.0 Å². The molecule has 14 nitrogen and oxygen atoms in total. The van der Waals surface area contributed by atoms with Gasteiger partial charge in [-0.3, -0.25) is 24.0 Å². The lowest BCUT2D eigenvalue weighted by molar-refractivity contribution is -0.141. The van der Waals surface area contributed by atoms with Gasteiger partial charge in [-0.1, -0.05) is 67.4 Å². The van der Waals surface area contributed by atoms with Crippen molar-refractivity contribution in [3.8, 4) is 0 Å². The van der Waals surface area contributed by atoms with Crippen LogP contribution in [0.1, 0.15) is 95.2 Å². The summed E-state index contributed by atoms with van der Waals surface area (Å²) in [7, 11) is -4.32. The molecule has 0 aromatic heterocycles. The molecular weight excluding hydrogens is 804 g/mol. The Kier molecular flexibility index (Phi) is 12.6. The summed E-state index contributed by atoms with van der Waals surface area (Å²) in [6, 6.07) is 6.55. The van der Waals surface area contributed by atoms with Crippen molar-refractivity contribution < 1.29 is 46.3 Å². The number of sulfonamides is 1. The first kappa shape index (κ1) is 42.5. The number of amides is 5. The number of nitrogens with zero attached hydrogens (tertiary/aromatic N) is 2. The van der Waals surface area contributed by atoms with E-state index in [1.54, 1.807) is 32.9 Å². The molecule has 3 fully saturated rings. The van der Waals surface area contributed by atoms with E-state index in [-0.39, 0.29) is 54.5 Å². The third-order valence-electron chi connectivity index (χ3n) is 10.8. The second-order valence-corrected chi connectivity index (χ2v) is 18.9. The molecule has 2 aromatic rings. The Balaban J connectivity index is 1.25. The lowest BCUT2D eigenvalue weighted by Gasteiger charge is -2.30. The van der Waals surface area contributed by atoms with Gasteiger partial charge in [-0.25, -0.2) is 22.4 Å². The minimum absolute atomic E-state index is 0.0204. The highest BCUT2D eigenvalue weighted by molar-refractivity contribution is 7.89. The van der Waals surface area contributed by atoms with E-state index in [1.165, 1.54) is 34.1 Å². The highest BCUT2D eigenvalue weighted by Crippen LogP contribution is 2.48. The van der Waals surface area contributed by atoms with Crippen LogP contribution in [-0.4, -0.2) is 84.0 Å². The largest absolute Gasteiger partial charge is 0.444 e. The van der Waals surface area contributed by atoms with Crippen LogP contribution in [0.15, 0.2) is 36.4 Å². The van der Waals surface area contributed by atoms with Gasteiger partial charge >= 0.3 is 12.2 Å². The Hall–Kier alpha value is -4.15. The van der Waals surface area contributed by atoms with E-state index >= 15 is 0 Å². The number of alkyl carbamates (subject to hydrolysis) is 1. The van der Waals surface area contributed by atoms with E-state index in [1.807, 2.05) is 0 Å². The van der Waals surface area contributed by atoms with E-state index < -0.39 is 86.7 Å². The quantitative estimate of drug-likeness (QED) is 0.328. The summed E-state index contributed by atoms with van der Waals surface area (Å²) >= 11 is 12.3. The normalized spacial score (nSPS) is 25.5. The first-order valence-electron chi connectivity index (χ1n) is 19.2. The van der Waals surface area contributed by atoms with Crippen LogP contribution >= 0.6 is 23.2 Å². The molecule has 3 aliphatic heterocycles. The monoisotopic (exact) mass is 851 g/mol. The molecular formula is C39H48Cl2FN5O9S. The summed E-state index contributed by atoms with van der Waals surface area (Å²) in [6.45, 7) is 4.93. The number of rotatable bonds is 6. The summed E-state index contributed by atoms with van der Waals surface area (Å²) in [5.74, 6) is -3.78. The topological polar surface area (TPSA) is 181 Å². The molecule has 310 valence electrons. The molecule has 4 aliphatic rings. The molecule has 0 bridgehead atoms. The maximum atomic E-state index is 14.5. The molecule has 6 rings (SSSR count). The number of fused-ring (bicyclic) bond motifs is 3. The van der Waals surface area contributed by atoms with Crippen LogP contribution in [0.5, 0.6) is 0 Å². The van der Waals surface area contributed by atoms with Crippen molar-refractivity contribution in [3.63, 3.8) is 0 Å². The number of hydrogen-bond donors (Lipinski definition) is 3. The third kappa shape index (κ3) is 10.3. The predicted molar refractivity (Wildman–Crippen MR) is 208 cm³/mol. The molecule has 1 saturated carbocycles. The Morgan fingerprint density at radius 1 is 1.02 bits per heavy atom. The minimum atomic E-state index is -4.32. The van der Waals surface area contributed by atoms with Crippen LogP contribution in [0.4, 0.5) is 14.0 Å². The van der Waals surface area contributed by atoms with Gasteiger partial charge in [0, 0.05) is 28.6 Å². The van der Waals surface area contributed by atoms with Crippen molar-refractivity contribution in [2.24, 2.45) is 5.92 Å². The fourth-order valence-corrected chi connectivity index (χ4v) is 9.52. The van der Waals surface area contributed by atoms with Gasteiger partial charge in [0.2, 0.25) is 21.8 Å². The fourth-order valence-electron chi connectivity index (χ4n) is 7.88. The molecule has 2 saturated heterocycles. The number of hydrogen-bond acceptors (Lipinski definition) is 9. The van der Waals surface area contributed by atoms with Gasteiger partial charge in [0.1, 0.15) is 35.1 Å². The zero-order valence-corrected chi connectivity index (χ0v) is 34.4. The first-order chi connectivity index (χ1) is 26.8. The number of carbonyl (C=O) groups excluding carboxylic acids is 5. The third-order valence-corrected chi connectivity index (χ3v) is 12.6. The van der Waals surface area contributed by atoms with Crippen molar-refractivity contribution in [3.05, 3.63) is 69.0 Å². The number of ether oxygens (including phenoxy) is 2. The molecule has 0 spiro atoms. The number of nitrogens with one attached hydrogen (secondary N) is 3. The molecule has 5 atom stereocenters. The van der Waals surface area contributed by atoms with Crippen molar-refractivity contribution in [1.29, 1.82) is 0 Å². The minimum Gasteiger partial charge on any atom is -0.444 e. The highest BCUT2D eigenvalue weighted by Gasteiger charge is 2.62. The molecule has 57 heavy (non-hydrogen) atoms. The molecule has 0 radical (unpaired) electrons. The van der Waals surface area contributed by atoms with Gasteiger partial charge in [-0.05, 0) is 81.3 Å². The maximum absolute atomic E-state index is 14.5. The van der Waals surface area contributed by atoms with Gasteiger partial charge in [0.15, 0.2) is 0 Å². The summed E-state index contributed by atoms with van der Waals surface area (Å²) in [6.07, 6.45) is 1.81. The number of benzene rings is 2. The van der Waals surface area contributed by atoms with Crippen molar-refractivity contribution in [2.45, 2.75) is 127 Å². The van der Waals surface area contributed by atoms with E-state index in [0.29, 0.717) is 30.4 Å². The van der Waals surface area contributed by atoms with Crippen LogP contribution in [0.25, 0.3) is 0 Å². The Bertz CT molecular complexity index is 2030. The molecule has 18 heteroatoms. The van der Waals surface area contributed by atoms with Crippen molar-refractivity contribution in [1.82, 2.24) is 25.2 Å². The standard InChI is InChI=1S/C39H48Cl2FN5O9S/c1-38(2,3)56-36(51)43-31-13-8-6-4-5-7-11-25-18-39(25,35(50)45-57(53,54)22-24-16-26(40)14-15-29(24)41)44-33(48)32-17-27(20-47(32)34(31)49)55-37(52)46-19-23-10-9-12-30(42)28(23)21-46/h9-10,12,14-16,25,27,31-32H,4-8,11,13,17-22H2,1-3H3,(H,43,51)(H,44,48)(H,45,50)/t25-,27-,31+,32+,39-/m1/s1. The van der Waals surface area contributed by atoms with Crippen LogP contribution in [0, 0.1) is 11.7 Å². The Labute approximate surface area is 341 Å². The summed E-state index contributed by atoms with van der Waals surface area (Å²) in [5, 5.41) is 5.88. The summed E-state index contributed by atoms with van der Waals surface area (Å²) in [4.78, 5) is 71.7. The number of carbonyl (C=O) groups is 5. The second kappa shape index (κ2) is 17.0. The van der Waals surface area contributed by atoms with Crippen molar-refractivity contribution in [2.75, 3.05) is 6.54 Å². The van der Waals surface area contributed by atoms with E-state index in [0.717, 1.165) is 19.3 Å². The van der Waals surface area contributed by atoms with Crippen molar-refractivity contribution >= 4 is 63.1 Å². The van der Waals surface area contributed by atoms with Gasteiger partial charge in [0.25, 0.3) is 5.91 Å². The average Bonchev–Trinajstić information content (AvgIpc) is 3.40. The summed E-state index contributed by atoms with van der Waals surface area (Å²) < 4.78 is 54.5. The van der Waals surface area contributed by atoms with Gasteiger partial charge in [-0.2, -0.15) is 0 Å². The SMILES string of the molecule is CC(C)(C)OC(=O)N[C@H]1CCCCCCC[C@@H]2C[C@@]2(C(=O)NS(=O)(=O)Cc2cc(Cl)ccc2Cl)NC(=O)[C@@H]2C[C@@H](OC(=O)N3Cc4cccc(F)c4C3)CN2C1=O. The molecule has 1 aliphatic carbocycles. The van der Waals surface area contributed by atoms with E-state index in [4.69, 9.17) is 32.7 Å². The lowest BCUT2D eigenvalue weighted by Crippen LogP contribution is -2.58. The molecule has 0 unspecified atom stereocenters. The number of halogens is 3. The Morgan fingerprint density at radius 3 is 2.46 bits per heavy atom. The first-order valence-corrected chi connectivity index (χ1v) is 21.6. The average molecular weight is 853 g/mol. The van der Waals surface area contributed by atoms with Gasteiger partial charge in [0.05, 0.1) is 18.8 Å². The van der Waals surface area contributed by atoms with Gasteiger partial charge < -0.3 is 25.0 Å². The summed E-state index contributed by atoms with van der Waals surface area (Å²) in [5.41, 5.74) is -1.27. The Morgan fingerprint density at radius 2 is 1.74 bits per heavy atom. The second-order valence-electron chi connectivity index (χ2n) is 16.3. The smallest absolute Gasteiger partial charge is 0.410 e. The fraction of sp³-hybridized carbons (Fsp3) is 0.564. The van der Waals surface area contributed by atoms with E-state index in [2.05, 4.69) is 15.4 Å². The van der Waals surface area contributed by atoms with E-state index in [9.17, 15) is 36.8 Å². The highest BCUT2D eigenvalue weighted by atomic mass is 35.5. The van der Waals surface area contributed by atoms with Crippen LogP contribution < -0.4 is 15.4 Å². The van der Waals surface area contributed by atoms with Gasteiger partial charge in [-0.15, -0.1) is 0 Å². The lowest BCUT2D eigenvalue weighted by atomic mass is 10.0. The maximum Gasteiger partial charge on any atom is 0.410 e. The molecule has 3 N–H and O–H groups in total. The molecule has 2 aromatic carbocycles. The van der Waals surface area contributed by atoms with Crippen LogP contribution in [0.3, 0.4) is 0 Å².